The first-order chi connectivity index (χ1) is 10.2. The molecule has 116 valence electrons. The highest BCUT2D eigenvalue weighted by molar-refractivity contribution is 5.86. The van der Waals surface area contributed by atoms with Crippen LogP contribution in [0.4, 0.5) is 0 Å². The third-order valence-corrected chi connectivity index (χ3v) is 3.33. The molecule has 2 rings (SSSR count). The number of fused-ring (bicyclic) bond motifs is 1. The number of hydrogen-bond acceptors (Lipinski definition) is 2. The third-order valence-electron chi connectivity index (χ3n) is 3.33. The molecule has 2 nitrogen and oxygen atoms in total. The molecule has 1 unspecified atom stereocenters. The van der Waals surface area contributed by atoms with Crippen LogP contribution in [0.1, 0.15) is 25.5 Å². The molecule has 0 aromatic heterocycles. The van der Waals surface area contributed by atoms with Crippen molar-refractivity contribution in [3.05, 3.63) is 60.2 Å². The standard InChI is InChI=1S/C19H21NO.ClH/c1-15(21)9-4-3-7-14-20-16(2)18-13-8-11-17-10-5-6-12-19(17)18;/h3,5-8,10-13,15-16,20-21H,14H2,1-2H3;1H/t15?,16-;/m1./s1. The van der Waals surface area contributed by atoms with Crippen LogP contribution < -0.4 is 5.32 Å². The van der Waals surface area contributed by atoms with Crippen LogP contribution in [0.25, 0.3) is 10.8 Å². The smallest absolute Gasteiger partial charge is 0.112 e. The molecule has 0 spiro atoms. The van der Waals surface area contributed by atoms with Gasteiger partial charge in [0, 0.05) is 12.6 Å². The monoisotopic (exact) mass is 315 g/mol. The van der Waals surface area contributed by atoms with Crippen LogP contribution in [0.2, 0.25) is 0 Å². The van der Waals surface area contributed by atoms with Crippen molar-refractivity contribution in [3.63, 3.8) is 0 Å². The minimum Gasteiger partial charge on any atom is -0.381 e. The summed E-state index contributed by atoms with van der Waals surface area (Å²) >= 11 is 0. The highest BCUT2D eigenvalue weighted by atomic mass is 35.5. The van der Waals surface area contributed by atoms with Crippen molar-refractivity contribution in [3.8, 4) is 11.8 Å². The van der Waals surface area contributed by atoms with Crippen molar-refractivity contribution in [2.45, 2.75) is 26.0 Å². The first kappa shape index (κ1) is 18.3. The molecule has 0 bridgehead atoms. The zero-order valence-electron chi connectivity index (χ0n) is 12.9. The van der Waals surface area contributed by atoms with Gasteiger partial charge < -0.3 is 10.4 Å². The predicted octanol–water partition coefficient (Wildman–Crippen LogP) is 3.85. The van der Waals surface area contributed by atoms with Crippen LogP contribution >= 0.6 is 12.4 Å². The Morgan fingerprint density at radius 1 is 1.14 bits per heavy atom. The number of rotatable bonds is 4. The third kappa shape index (κ3) is 5.20. The van der Waals surface area contributed by atoms with E-state index in [0.717, 1.165) is 6.54 Å². The van der Waals surface area contributed by atoms with Gasteiger partial charge >= 0.3 is 0 Å². The Morgan fingerprint density at radius 2 is 1.86 bits per heavy atom. The fourth-order valence-electron chi connectivity index (χ4n) is 2.27. The van der Waals surface area contributed by atoms with E-state index in [1.807, 2.05) is 6.08 Å². The summed E-state index contributed by atoms with van der Waals surface area (Å²) in [6.07, 6.45) is 3.17. The average molecular weight is 316 g/mol. The van der Waals surface area contributed by atoms with Crippen molar-refractivity contribution in [1.82, 2.24) is 5.32 Å². The lowest BCUT2D eigenvalue weighted by atomic mass is 10.00. The summed E-state index contributed by atoms with van der Waals surface area (Å²) in [7, 11) is 0. The van der Waals surface area contributed by atoms with Crippen LogP contribution in [-0.4, -0.2) is 17.8 Å². The van der Waals surface area contributed by atoms with Crippen molar-refractivity contribution in [2.75, 3.05) is 6.54 Å². The second-order valence-electron chi connectivity index (χ2n) is 5.07. The van der Waals surface area contributed by atoms with Gasteiger partial charge in [-0.1, -0.05) is 60.4 Å². The van der Waals surface area contributed by atoms with E-state index in [1.165, 1.54) is 16.3 Å². The molecule has 0 amide bonds. The van der Waals surface area contributed by atoms with E-state index < -0.39 is 6.10 Å². The Kier molecular flexibility index (Phi) is 7.70. The normalized spacial score (nSPS) is 13.2. The molecular formula is C19H22ClNO. The fraction of sp³-hybridized carbons (Fsp3) is 0.263. The molecule has 22 heavy (non-hydrogen) atoms. The Morgan fingerprint density at radius 3 is 2.64 bits per heavy atom. The highest BCUT2D eigenvalue weighted by Gasteiger charge is 2.07. The number of halogens is 1. The van der Waals surface area contributed by atoms with Crippen LogP contribution in [0, 0.1) is 11.8 Å². The van der Waals surface area contributed by atoms with Crippen molar-refractivity contribution in [2.24, 2.45) is 0 Å². The molecule has 0 heterocycles. The van der Waals surface area contributed by atoms with Gasteiger partial charge in [0.05, 0.1) is 0 Å². The molecule has 2 atom stereocenters. The average Bonchev–Trinajstić information content (AvgIpc) is 2.49. The maximum Gasteiger partial charge on any atom is 0.112 e. The summed E-state index contributed by atoms with van der Waals surface area (Å²) in [4.78, 5) is 0. The van der Waals surface area contributed by atoms with Gasteiger partial charge in [-0.05, 0) is 36.3 Å². The van der Waals surface area contributed by atoms with Crippen LogP contribution in [0.3, 0.4) is 0 Å². The van der Waals surface area contributed by atoms with E-state index in [2.05, 4.69) is 66.5 Å². The fourth-order valence-corrected chi connectivity index (χ4v) is 2.27. The van der Waals surface area contributed by atoms with Gasteiger partial charge in [-0.25, -0.2) is 0 Å². The number of hydrogen-bond donors (Lipinski definition) is 2. The first-order valence-corrected chi connectivity index (χ1v) is 7.23. The summed E-state index contributed by atoms with van der Waals surface area (Å²) < 4.78 is 0. The quantitative estimate of drug-likeness (QED) is 0.840. The molecule has 0 aliphatic rings. The molecular weight excluding hydrogens is 294 g/mol. The first-order valence-electron chi connectivity index (χ1n) is 7.23. The Bertz CT molecular complexity index is 677. The molecule has 2 N–H and O–H groups in total. The zero-order chi connectivity index (χ0) is 15.1. The van der Waals surface area contributed by atoms with E-state index in [-0.39, 0.29) is 18.4 Å². The molecule has 2 aromatic carbocycles. The second kappa shape index (κ2) is 9.27. The van der Waals surface area contributed by atoms with Crippen LogP contribution in [0.5, 0.6) is 0 Å². The largest absolute Gasteiger partial charge is 0.381 e. The van der Waals surface area contributed by atoms with Crippen molar-refractivity contribution < 1.29 is 5.11 Å². The second-order valence-corrected chi connectivity index (χ2v) is 5.07. The lowest BCUT2D eigenvalue weighted by Gasteiger charge is -2.15. The highest BCUT2D eigenvalue weighted by Crippen LogP contribution is 2.23. The minimum atomic E-state index is -0.572. The predicted molar refractivity (Wildman–Crippen MR) is 96.2 cm³/mol. The molecule has 0 saturated carbocycles. The topological polar surface area (TPSA) is 32.3 Å². The number of allylic oxidation sites excluding steroid dienone is 1. The molecule has 0 fully saturated rings. The maximum atomic E-state index is 9.02. The van der Waals surface area contributed by atoms with Gasteiger partial charge in [-0.3, -0.25) is 0 Å². The lowest BCUT2D eigenvalue weighted by molar-refractivity contribution is 0.253. The Balaban J connectivity index is 0.00000242. The number of aliphatic hydroxyl groups is 1. The van der Waals surface area contributed by atoms with Gasteiger partial charge in [0.15, 0.2) is 0 Å². The summed E-state index contributed by atoms with van der Waals surface area (Å²) in [5, 5.41) is 15.0. The number of nitrogens with one attached hydrogen (secondary N) is 1. The molecule has 0 saturated heterocycles. The van der Waals surface area contributed by atoms with Crippen molar-refractivity contribution >= 4 is 23.2 Å². The van der Waals surface area contributed by atoms with Crippen molar-refractivity contribution in [1.29, 1.82) is 0 Å². The molecule has 0 aliphatic carbocycles. The zero-order valence-corrected chi connectivity index (χ0v) is 13.7. The Hall–Kier alpha value is -1.79. The lowest BCUT2D eigenvalue weighted by Crippen LogP contribution is -2.18. The minimum absolute atomic E-state index is 0. The number of benzene rings is 2. The molecule has 3 heteroatoms. The molecule has 2 aromatic rings. The van der Waals surface area contributed by atoms with E-state index in [4.69, 9.17) is 5.11 Å². The molecule has 0 radical (unpaired) electrons. The van der Waals surface area contributed by atoms with Gasteiger partial charge in [0.1, 0.15) is 6.10 Å². The summed E-state index contributed by atoms with van der Waals surface area (Å²) in [5.41, 5.74) is 1.30. The van der Waals surface area contributed by atoms with Gasteiger partial charge in [0.25, 0.3) is 0 Å². The van der Waals surface area contributed by atoms with E-state index in [0.29, 0.717) is 0 Å². The van der Waals surface area contributed by atoms with Crippen LogP contribution in [0.15, 0.2) is 54.6 Å². The molecule has 0 aliphatic heterocycles. The summed E-state index contributed by atoms with van der Waals surface area (Å²) in [6.45, 7) is 4.57. The van der Waals surface area contributed by atoms with E-state index >= 15 is 0 Å². The van der Waals surface area contributed by atoms with E-state index in [9.17, 15) is 0 Å². The maximum absolute atomic E-state index is 9.02. The Labute approximate surface area is 138 Å². The number of aliphatic hydroxyl groups excluding tert-OH is 1. The van der Waals surface area contributed by atoms with Crippen LogP contribution in [-0.2, 0) is 0 Å². The van der Waals surface area contributed by atoms with Gasteiger partial charge in [-0.15, -0.1) is 12.4 Å². The van der Waals surface area contributed by atoms with Gasteiger partial charge in [0.2, 0.25) is 0 Å². The SMILES string of the molecule is CC(O)C#CC=CCN[C@H](C)c1cccc2ccccc12.Cl. The van der Waals surface area contributed by atoms with E-state index in [1.54, 1.807) is 13.0 Å². The summed E-state index contributed by atoms with van der Waals surface area (Å²) in [5.74, 6) is 5.49. The van der Waals surface area contributed by atoms with Gasteiger partial charge in [-0.2, -0.15) is 0 Å². The summed E-state index contributed by atoms with van der Waals surface area (Å²) in [6, 6.07) is 15.1.